The standard InChI is InChI=1S/C5H4N.Ir/c1-2-4-6-5-3-1;/h1-2,4-5H;/q-1;. The van der Waals surface area contributed by atoms with Crippen LogP contribution in [0.3, 0.4) is 0 Å². The predicted octanol–water partition coefficient (Wildman–Crippen LogP) is 0.879. The molecule has 1 aromatic heterocycles. The first-order chi connectivity index (χ1) is 3.00. The van der Waals surface area contributed by atoms with Crippen molar-refractivity contribution < 1.29 is 20.1 Å². The summed E-state index contributed by atoms with van der Waals surface area (Å²) in [6.07, 6.45) is 3.34. The van der Waals surface area contributed by atoms with E-state index in [1.807, 2.05) is 12.1 Å². The predicted molar refractivity (Wildman–Crippen MR) is 23.1 cm³/mol. The van der Waals surface area contributed by atoms with Gasteiger partial charge in [0.05, 0.1) is 0 Å². The van der Waals surface area contributed by atoms with Gasteiger partial charge in [-0.1, -0.05) is 12.4 Å². The molecule has 1 rings (SSSR count). The number of aromatic nitrogens is 1. The molecule has 0 aliphatic carbocycles. The molecule has 1 nitrogen and oxygen atoms in total. The molecule has 0 saturated heterocycles. The molecule has 0 N–H and O–H groups in total. The summed E-state index contributed by atoms with van der Waals surface area (Å²) in [6.45, 7) is 0. The minimum absolute atomic E-state index is 0. The monoisotopic (exact) mass is 271 g/mol. The van der Waals surface area contributed by atoms with Gasteiger partial charge in [0, 0.05) is 20.1 Å². The molecule has 0 spiro atoms. The van der Waals surface area contributed by atoms with Gasteiger partial charge in [0.15, 0.2) is 0 Å². The summed E-state index contributed by atoms with van der Waals surface area (Å²) in [5.74, 6) is 0. The average Bonchev–Trinajstić information content (AvgIpc) is 1.72. The summed E-state index contributed by atoms with van der Waals surface area (Å²) in [7, 11) is 0. The molecule has 1 heterocycles. The van der Waals surface area contributed by atoms with Crippen LogP contribution in [-0.4, -0.2) is 4.98 Å². The van der Waals surface area contributed by atoms with Gasteiger partial charge in [-0.2, -0.15) is 6.07 Å². The maximum atomic E-state index is 3.73. The Labute approximate surface area is 56.1 Å². The quantitative estimate of drug-likeness (QED) is 0.638. The zero-order chi connectivity index (χ0) is 4.24. The molecule has 39 valence electrons. The summed E-state index contributed by atoms with van der Waals surface area (Å²) < 4.78 is 0. The maximum Gasteiger partial charge on any atom is 0 e. The smallest absolute Gasteiger partial charge is 0 e. The van der Waals surface area contributed by atoms with Crippen LogP contribution < -0.4 is 0 Å². The van der Waals surface area contributed by atoms with Crippen molar-refractivity contribution in [2.75, 3.05) is 0 Å². The first-order valence-electron chi connectivity index (χ1n) is 1.76. The van der Waals surface area contributed by atoms with Crippen molar-refractivity contribution in [3.05, 3.63) is 30.6 Å². The Hall–Kier alpha value is -0.201. The van der Waals surface area contributed by atoms with E-state index in [1.54, 1.807) is 12.4 Å². The SMILES string of the molecule is [Ir].[c-]1cccnc1. The van der Waals surface area contributed by atoms with Gasteiger partial charge in [0.25, 0.3) is 0 Å². The van der Waals surface area contributed by atoms with Crippen molar-refractivity contribution >= 4 is 0 Å². The van der Waals surface area contributed by atoms with Crippen LogP contribution in [0.4, 0.5) is 0 Å². The molecule has 0 fully saturated rings. The zero-order valence-electron chi connectivity index (χ0n) is 3.59. The summed E-state index contributed by atoms with van der Waals surface area (Å²) in [5.41, 5.74) is 0. The van der Waals surface area contributed by atoms with E-state index < -0.39 is 0 Å². The Kier molecular flexibility index (Phi) is 3.86. The molecule has 0 aliphatic heterocycles. The fraction of sp³-hybridized carbons (Fsp3) is 0. The molecule has 0 amide bonds. The molecule has 0 aliphatic rings. The molecule has 0 unspecified atom stereocenters. The van der Waals surface area contributed by atoms with Gasteiger partial charge in [0.2, 0.25) is 0 Å². The van der Waals surface area contributed by atoms with E-state index in [2.05, 4.69) is 11.1 Å². The van der Waals surface area contributed by atoms with Crippen molar-refractivity contribution in [3.63, 3.8) is 0 Å². The number of hydrogen-bond donors (Lipinski definition) is 0. The molecule has 1 aromatic rings. The minimum atomic E-state index is 0. The van der Waals surface area contributed by atoms with Crippen LogP contribution in [0.15, 0.2) is 24.5 Å². The molecule has 2 heteroatoms. The number of nitrogens with zero attached hydrogens (tertiary/aromatic N) is 1. The molecular weight excluding hydrogens is 266 g/mol. The maximum absolute atomic E-state index is 3.73. The van der Waals surface area contributed by atoms with Crippen LogP contribution in [0, 0.1) is 6.07 Å². The van der Waals surface area contributed by atoms with Crippen molar-refractivity contribution in [1.82, 2.24) is 4.98 Å². The van der Waals surface area contributed by atoms with Crippen LogP contribution >= 0.6 is 0 Å². The normalized spacial score (nSPS) is 6.86. The van der Waals surface area contributed by atoms with Gasteiger partial charge in [-0.25, -0.2) is 12.1 Å². The molecule has 0 aromatic carbocycles. The van der Waals surface area contributed by atoms with Gasteiger partial charge in [-0.05, 0) is 0 Å². The van der Waals surface area contributed by atoms with Crippen LogP contribution in [-0.2, 0) is 20.1 Å². The Morgan fingerprint density at radius 3 is 2.43 bits per heavy atom. The van der Waals surface area contributed by atoms with Gasteiger partial charge < -0.3 is 4.98 Å². The largest absolute Gasteiger partial charge is 0.304 e. The van der Waals surface area contributed by atoms with E-state index in [4.69, 9.17) is 0 Å². The second kappa shape index (κ2) is 3.97. The first kappa shape index (κ1) is 6.80. The van der Waals surface area contributed by atoms with Gasteiger partial charge in [-0.3, -0.25) is 0 Å². The van der Waals surface area contributed by atoms with E-state index >= 15 is 0 Å². The number of rotatable bonds is 0. The Morgan fingerprint density at radius 1 is 1.43 bits per heavy atom. The van der Waals surface area contributed by atoms with Crippen LogP contribution in [0.5, 0.6) is 0 Å². The summed E-state index contributed by atoms with van der Waals surface area (Å²) >= 11 is 0. The van der Waals surface area contributed by atoms with Crippen LogP contribution in [0.25, 0.3) is 0 Å². The third-order valence-corrected chi connectivity index (χ3v) is 0.514. The molecular formula is C5H4IrN-. The number of pyridine rings is 1. The van der Waals surface area contributed by atoms with Gasteiger partial charge >= 0.3 is 0 Å². The van der Waals surface area contributed by atoms with Crippen molar-refractivity contribution in [2.24, 2.45) is 0 Å². The fourth-order valence-electron chi connectivity index (χ4n) is 0.277. The third-order valence-electron chi connectivity index (χ3n) is 0.514. The summed E-state index contributed by atoms with van der Waals surface area (Å²) in [6, 6.07) is 6.43. The molecule has 0 atom stereocenters. The molecule has 1 radical (unpaired) electrons. The van der Waals surface area contributed by atoms with Gasteiger partial charge in [0.1, 0.15) is 0 Å². The molecule has 0 saturated carbocycles. The minimum Gasteiger partial charge on any atom is -0.304 e. The van der Waals surface area contributed by atoms with E-state index in [-0.39, 0.29) is 20.1 Å². The Morgan fingerprint density at radius 2 is 2.29 bits per heavy atom. The first-order valence-corrected chi connectivity index (χ1v) is 1.76. The fourth-order valence-corrected chi connectivity index (χ4v) is 0.277. The van der Waals surface area contributed by atoms with E-state index in [1.165, 1.54) is 0 Å². The summed E-state index contributed by atoms with van der Waals surface area (Å²) in [4.78, 5) is 3.73. The second-order valence-corrected chi connectivity index (χ2v) is 0.953. The second-order valence-electron chi connectivity index (χ2n) is 0.953. The summed E-state index contributed by atoms with van der Waals surface area (Å²) in [5, 5.41) is 0. The average molecular weight is 270 g/mol. The zero-order valence-corrected chi connectivity index (χ0v) is 5.99. The number of hydrogen-bond acceptors (Lipinski definition) is 1. The Bertz CT molecular complexity index is 80.0. The van der Waals surface area contributed by atoms with Crippen molar-refractivity contribution in [2.45, 2.75) is 0 Å². The van der Waals surface area contributed by atoms with Crippen LogP contribution in [0.2, 0.25) is 0 Å². The topological polar surface area (TPSA) is 12.9 Å². The third kappa shape index (κ3) is 2.49. The Balaban J connectivity index is 0.000000360. The van der Waals surface area contributed by atoms with E-state index in [0.29, 0.717) is 0 Å². The molecule has 7 heavy (non-hydrogen) atoms. The van der Waals surface area contributed by atoms with Crippen molar-refractivity contribution in [3.8, 4) is 0 Å². The van der Waals surface area contributed by atoms with E-state index in [9.17, 15) is 0 Å². The van der Waals surface area contributed by atoms with Crippen LogP contribution in [0.1, 0.15) is 0 Å². The van der Waals surface area contributed by atoms with Gasteiger partial charge in [-0.15, -0.1) is 0 Å². The van der Waals surface area contributed by atoms with E-state index in [0.717, 1.165) is 0 Å². The molecule has 0 bridgehead atoms. The van der Waals surface area contributed by atoms with Crippen molar-refractivity contribution in [1.29, 1.82) is 0 Å².